The molecular formula is C88H67N5. The lowest BCUT2D eigenvalue weighted by molar-refractivity contribution is 0.590. The number of nitrogens with zero attached hydrogens (tertiary/aromatic N) is 5. The standard InChI is InChI=1S/C88H67N5/c1-88(2,3)74-54-46-73(47-55-74)87-90-89-86(93(87)76-32-14-7-15-33-76)72-44-40-63(41-45-72)62-38-42-70(43-39-62)84(68-24-8-4-9-25-68)85(69-26-10-5-11-27-69)71-52-60-79(61-53-71)92(83-37-21-29-67-23-17-19-35-81(67)83)78-58-50-65(51-59-78)64-48-56-77(57-49-64)91(75-30-12-6-13-31-75)82-36-20-28-66-22-16-18-34-80(66)82/h4-61H,1-3H3. The summed E-state index contributed by atoms with van der Waals surface area (Å²) in [6, 6.07) is 127. The van der Waals surface area contributed by atoms with E-state index in [1.165, 1.54) is 27.1 Å². The lowest BCUT2D eigenvalue weighted by atomic mass is 9.85. The summed E-state index contributed by atoms with van der Waals surface area (Å²) < 4.78 is 2.17. The van der Waals surface area contributed by atoms with Crippen molar-refractivity contribution in [2.45, 2.75) is 26.2 Å². The minimum atomic E-state index is 0.0464. The van der Waals surface area contributed by atoms with Gasteiger partial charge < -0.3 is 9.80 Å². The molecule has 0 saturated carbocycles. The van der Waals surface area contributed by atoms with Crippen LogP contribution >= 0.6 is 0 Å². The second kappa shape index (κ2) is 25.2. The number of hydrogen-bond acceptors (Lipinski definition) is 4. The molecule has 1 aromatic heterocycles. The van der Waals surface area contributed by atoms with Crippen LogP contribution < -0.4 is 9.80 Å². The fourth-order valence-electron chi connectivity index (χ4n) is 13.0. The highest BCUT2D eigenvalue weighted by Crippen LogP contribution is 2.44. The Balaban J connectivity index is 0.766. The molecule has 0 N–H and O–H groups in total. The van der Waals surface area contributed by atoms with Crippen molar-refractivity contribution in [3.05, 3.63) is 380 Å². The minimum absolute atomic E-state index is 0.0464. The summed E-state index contributed by atoms with van der Waals surface area (Å²) in [6.07, 6.45) is 0. The minimum Gasteiger partial charge on any atom is -0.310 e. The zero-order valence-electron chi connectivity index (χ0n) is 52.2. The number of benzene rings is 14. The van der Waals surface area contributed by atoms with Gasteiger partial charge in [0.25, 0.3) is 0 Å². The van der Waals surface area contributed by atoms with Crippen LogP contribution in [0.4, 0.5) is 34.1 Å². The Morgan fingerprint density at radius 1 is 0.269 bits per heavy atom. The Hall–Kier alpha value is -11.9. The molecule has 5 heteroatoms. The summed E-state index contributed by atoms with van der Waals surface area (Å²) in [4.78, 5) is 4.75. The fraction of sp³-hybridized carbons (Fsp3) is 0.0455. The second-order valence-corrected chi connectivity index (χ2v) is 24.6. The molecule has 0 aliphatic heterocycles. The van der Waals surface area contributed by atoms with Crippen LogP contribution in [0.1, 0.15) is 48.6 Å². The Labute approximate surface area is 544 Å². The van der Waals surface area contributed by atoms with Crippen molar-refractivity contribution in [3.8, 4) is 50.7 Å². The molecule has 93 heavy (non-hydrogen) atoms. The van der Waals surface area contributed by atoms with Crippen LogP contribution in [0.3, 0.4) is 0 Å². The average Bonchev–Trinajstić information content (AvgIpc) is 1.09. The van der Waals surface area contributed by atoms with Gasteiger partial charge in [-0.2, -0.15) is 0 Å². The molecular weight excluding hydrogens is 1130 g/mol. The number of hydrogen-bond donors (Lipinski definition) is 0. The van der Waals surface area contributed by atoms with E-state index in [1.807, 2.05) is 6.07 Å². The number of fused-ring (bicyclic) bond motifs is 2. The molecule has 15 aromatic rings. The highest BCUT2D eigenvalue weighted by molar-refractivity contribution is 6.06. The van der Waals surface area contributed by atoms with Crippen molar-refractivity contribution in [1.29, 1.82) is 0 Å². The molecule has 0 saturated heterocycles. The molecule has 0 unspecified atom stereocenters. The van der Waals surface area contributed by atoms with Gasteiger partial charge in [-0.15, -0.1) is 10.2 Å². The molecule has 0 atom stereocenters. The van der Waals surface area contributed by atoms with E-state index in [0.717, 1.165) is 118 Å². The van der Waals surface area contributed by atoms with E-state index < -0.39 is 0 Å². The van der Waals surface area contributed by atoms with Gasteiger partial charge in [-0.05, 0) is 150 Å². The van der Waals surface area contributed by atoms with Crippen molar-refractivity contribution >= 4 is 66.8 Å². The van der Waals surface area contributed by atoms with Crippen LogP contribution in [0.5, 0.6) is 0 Å². The van der Waals surface area contributed by atoms with Gasteiger partial charge in [-0.3, -0.25) is 4.57 Å². The summed E-state index contributed by atoms with van der Waals surface area (Å²) in [5.74, 6) is 1.59. The van der Waals surface area contributed by atoms with E-state index >= 15 is 0 Å². The first-order valence-electron chi connectivity index (χ1n) is 31.9. The maximum absolute atomic E-state index is 4.83. The van der Waals surface area contributed by atoms with E-state index in [1.54, 1.807) is 0 Å². The highest BCUT2D eigenvalue weighted by atomic mass is 15.3. The molecule has 5 nitrogen and oxygen atoms in total. The van der Waals surface area contributed by atoms with Crippen molar-refractivity contribution < 1.29 is 0 Å². The summed E-state index contributed by atoms with van der Waals surface area (Å²) in [7, 11) is 0. The number of anilines is 6. The molecule has 0 spiro atoms. The van der Waals surface area contributed by atoms with Crippen molar-refractivity contribution in [3.63, 3.8) is 0 Å². The number of aromatic nitrogens is 3. The molecule has 0 bridgehead atoms. The van der Waals surface area contributed by atoms with Crippen molar-refractivity contribution in [1.82, 2.24) is 14.8 Å². The molecule has 0 aliphatic rings. The molecule has 0 fully saturated rings. The SMILES string of the molecule is CC(C)(C)c1ccc(-c2nnc(-c3ccc(-c4ccc(C(=C(c5ccccc5)c5ccc(N(c6ccc(-c7ccc(N(c8ccccc8)c8cccc9ccccc89)cc7)cc6)c6cccc7ccccc67)cc5)c5ccccc5)cc4)cc3)n2-c2ccccc2)cc1. The summed E-state index contributed by atoms with van der Waals surface area (Å²) in [6.45, 7) is 6.72. The molecule has 0 aliphatic carbocycles. The average molecular weight is 1190 g/mol. The Morgan fingerprint density at radius 3 is 1.00 bits per heavy atom. The maximum atomic E-state index is 4.83. The Morgan fingerprint density at radius 2 is 0.570 bits per heavy atom. The lowest BCUT2D eigenvalue weighted by Gasteiger charge is -2.28. The number of rotatable bonds is 15. The van der Waals surface area contributed by atoms with Gasteiger partial charge >= 0.3 is 0 Å². The third kappa shape index (κ3) is 11.6. The van der Waals surface area contributed by atoms with Gasteiger partial charge in [0.15, 0.2) is 11.6 Å². The van der Waals surface area contributed by atoms with Crippen molar-refractivity contribution in [2.24, 2.45) is 0 Å². The lowest BCUT2D eigenvalue weighted by Crippen LogP contribution is -2.10. The Bertz CT molecular complexity index is 5080. The van der Waals surface area contributed by atoms with Crippen LogP contribution in [0.2, 0.25) is 0 Å². The third-order valence-corrected chi connectivity index (χ3v) is 17.7. The molecule has 444 valence electrons. The molecule has 15 rings (SSSR count). The van der Waals surface area contributed by atoms with Gasteiger partial charge in [-0.25, -0.2) is 0 Å². The summed E-state index contributed by atoms with van der Waals surface area (Å²) in [5, 5.41) is 14.4. The van der Waals surface area contributed by atoms with E-state index in [4.69, 9.17) is 10.2 Å². The zero-order chi connectivity index (χ0) is 62.7. The molecule has 0 amide bonds. The van der Waals surface area contributed by atoms with E-state index in [2.05, 4.69) is 381 Å². The van der Waals surface area contributed by atoms with Crippen LogP contribution in [0, 0.1) is 0 Å². The molecule has 0 radical (unpaired) electrons. The molecule has 1 heterocycles. The number of para-hydroxylation sites is 2. The van der Waals surface area contributed by atoms with E-state index in [0.29, 0.717) is 0 Å². The predicted molar refractivity (Wildman–Crippen MR) is 391 cm³/mol. The monoisotopic (exact) mass is 1190 g/mol. The van der Waals surface area contributed by atoms with Gasteiger partial charge in [0.2, 0.25) is 0 Å². The second-order valence-electron chi connectivity index (χ2n) is 24.6. The van der Waals surface area contributed by atoms with Gasteiger partial charge in [0.1, 0.15) is 0 Å². The Kier molecular flexibility index (Phi) is 15.6. The first-order chi connectivity index (χ1) is 45.8. The van der Waals surface area contributed by atoms with Crippen LogP contribution in [-0.4, -0.2) is 14.8 Å². The molecule has 14 aromatic carbocycles. The van der Waals surface area contributed by atoms with Crippen LogP contribution in [0.15, 0.2) is 352 Å². The van der Waals surface area contributed by atoms with E-state index in [-0.39, 0.29) is 5.41 Å². The van der Waals surface area contributed by atoms with Crippen LogP contribution in [-0.2, 0) is 5.41 Å². The first-order valence-corrected chi connectivity index (χ1v) is 31.9. The quantitative estimate of drug-likeness (QED) is 0.0959. The first kappa shape index (κ1) is 57.5. The summed E-state index contributed by atoms with van der Waals surface area (Å²) >= 11 is 0. The van der Waals surface area contributed by atoms with Gasteiger partial charge in [-0.1, -0.05) is 300 Å². The predicted octanol–water partition coefficient (Wildman–Crippen LogP) is 23.5. The maximum Gasteiger partial charge on any atom is 0.168 e. The topological polar surface area (TPSA) is 37.2 Å². The largest absolute Gasteiger partial charge is 0.310 e. The summed E-state index contributed by atoms with van der Waals surface area (Å²) in [5.41, 5.74) is 22.2. The smallest absolute Gasteiger partial charge is 0.168 e. The van der Waals surface area contributed by atoms with Crippen LogP contribution in [0.25, 0.3) is 83.4 Å². The zero-order valence-corrected chi connectivity index (χ0v) is 52.2. The third-order valence-electron chi connectivity index (χ3n) is 17.7. The highest BCUT2D eigenvalue weighted by Gasteiger charge is 2.23. The van der Waals surface area contributed by atoms with Gasteiger partial charge in [0.05, 0.1) is 11.4 Å². The van der Waals surface area contributed by atoms with E-state index in [9.17, 15) is 0 Å². The van der Waals surface area contributed by atoms with Crippen molar-refractivity contribution in [2.75, 3.05) is 9.80 Å². The van der Waals surface area contributed by atoms with Gasteiger partial charge in [0, 0.05) is 50.3 Å². The normalized spacial score (nSPS) is 11.8. The fourth-order valence-corrected chi connectivity index (χ4v) is 13.0.